The van der Waals surface area contributed by atoms with E-state index in [9.17, 15) is 4.79 Å². The summed E-state index contributed by atoms with van der Waals surface area (Å²) < 4.78 is 0. The van der Waals surface area contributed by atoms with Crippen molar-refractivity contribution in [2.75, 3.05) is 38.5 Å². The van der Waals surface area contributed by atoms with Crippen molar-refractivity contribution < 1.29 is 4.79 Å². The first-order valence-electron chi connectivity index (χ1n) is 12.4. The Morgan fingerprint density at radius 3 is 2.59 bits per heavy atom. The minimum absolute atomic E-state index is 0.432. The number of aromatic nitrogens is 3. The fourth-order valence-corrected chi connectivity index (χ4v) is 4.52. The summed E-state index contributed by atoms with van der Waals surface area (Å²) in [4.78, 5) is 30.1. The molecule has 5 rings (SSSR count). The summed E-state index contributed by atoms with van der Waals surface area (Å²) in [6.07, 6.45) is 5.26. The average molecular weight is 494 g/mol. The van der Waals surface area contributed by atoms with Crippen LogP contribution < -0.4 is 11.1 Å². The van der Waals surface area contributed by atoms with E-state index in [1.807, 2.05) is 43.3 Å². The maximum absolute atomic E-state index is 12.0. The lowest BCUT2D eigenvalue weighted by molar-refractivity contribution is 0.1000. The average Bonchev–Trinajstić information content (AvgIpc) is 2.92. The minimum Gasteiger partial charge on any atom is -0.366 e. The van der Waals surface area contributed by atoms with E-state index in [2.05, 4.69) is 55.3 Å². The predicted molar refractivity (Wildman–Crippen MR) is 146 cm³/mol. The first kappa shape index (κ1) is 24.5. The number of carbonyl (C=O) groups excluding carboxylic acids is 1. The Morgan fingerprint density at radius 2 is 1.84 bits per heavy atom. The molecule has 2 aromatic heterocycles. The van der Waals surface area contributed by atoms with Gasteiger partial charge in [-0.3, -0.25) is 14.7 Å². The van der Waals surface area contributed by atoms with Crippen LogP contribution in [0.3, 0.4) is 0 Å². The van der Waals surface area contributed by atoms with Gasteiger partial charge in [-0.05, 0) is 72.6 Å². The molecule has 3 heterocycles. The molecule has 1 aliphatic heterocycles. The molecule has 1 fully saturated rings. The Balaban J connectivity index is 1.47. The second-order valence-electron chi connectivity index (χ2n) is 9.48. The molecule has 8 nitrogen and oxygen atoms in total. The number of anilines is 2. The van der Waals surface area contributed by atoms with Gasteiger partial charge >= 0.3 is 0 Å². The van der Waals surface area contributed by atoms with Crippen molar-refractivity contribution in [2.45, 2.75) is 13.5 Å². The van der Waals surface area contributed by atoms with Gasteiger partial charge in [0, 0.05) is 68.1 Å². The zero-order valence-electron chi connectivity index (χ0n) is 21.2. The molecule has 1 aliphatic rings. The lowest BCUT2D eigenvalue weighted by Gasteiger charge is -2.32. The minimum atomic E-state index is -0.432. The third-order valence-electron chi connectivity index (χ3n) is 6.79. The summed E-state index contributed by atoms with van der Waals surface area (Å²) >= 11 is 0. The van der Waals surface area contributed by atoms with Gasteiger partial charge in [-0.2, -0.15) is 0 Å². The number of rotatable bonds is 7. The Labute approximate surface area is 217 Å². The second-order valence-corrected chi connectivity index (χ2v) is 9.48. The van der Waals surface area contributed by atoms with E-state index in [1.165, 1.54) is 5.56 Å². The molecule has 0 atom stereocenters. The topological polar surface area (TPSA) is 100 Å². The summed E-state index contributed by atoms with van der Waals surface area (Å²) in [5.74, 6) is 0.0728. The van der Waals surface area contributed by atoms with Gasteiger partial charge in [0.1, 0.15) is 0 Å². The lowest BCUT2D eigenvalue weighted by Crippen LogP contribution is -2.43. The SMILES string of the molecule is Cc1ccc(-c2cc(C(N)=O)ccc2CN2CCN(C)CC2)cc1Nc1nccc(-c2cccnc2)n1. The summed E-state index contributed by atoms with van der Waals surface area (Å²) in [5.41, 5.74) is 13.0. The number of nitrogens with one attached hydrogen (secondary N) is 1. The van der Waals surface area contributed by atoms with Crippen LogP contribution in [0, 0.1) is 6.92 Å². The number of aryl methyl sites for hydroxylation is 1. The molecule has 3 N–H and O–H groups in total. The molecule has 0 saturated carbocycles. The highest BCUT2D eigenvalue weighted by molar-refractivity contribution is 5.94. The summed E-state index contributed by atoms with van der Waals surface area (Å²) in [5, 5.41) is 3.39. The lowest BCUT2D eigenvalue weighted by atomic mass is 9.95. The Bertz CT molecular complexity index is 1400. The van der Waals surface area contributed by atoms with Crippen LogP contribution in [-0.2, 0) is 6.54 Å². The molecule has 1 saturated heterocycles. The van der Waals surface area contributed by atoms with E-state index in [-0.39, 0.29) is 0 Å². The zero-order valence-corrected chi connectivity index (χ0v) is 21.2. The molecule has 0 bridgehead atoms. The van der Waals surface area contributed by atoms with Gasteiger partial charge in [0.15, 0.2) is 0 Å². The maximum Gasteiger partial charge on any atom is 0.248 e. The van der Waals surface area contributed by atoms with Crippen LogP contribution in [0.1, 0.15) is 21.5 Å². The number of amides is 1. The number of likely N-dealkylation sites (N-methyl/N-ethyl adjacent to an activating group) is 1. The highest BCUT2D eigenvalue weighted by Crippen LogP contribution is 2.31. The Kier molecular flexibility index (Phi) is 7.20. The third kappa shape index (κ3) is 5.82. The quantitative estimate of drug-likeness (QED) is 0.400. The van der Waals surface area contributed by atoms with Crippen molar-refractivity contribution >= 4 is 17.5 Å². The Hall–Kier alpha value is -4.14. The number of piperazine rings is 1. The van der Waals surface area contributed by atoms with Gasteiger partial charge in [-0.1, -0.05) is 18.2 Å². The molecule has 4 aromatic rings. The fraction of sp³-hybridized carbons (Fsp3) is 0.241. The molecular formula is C29H31N7O. The van der Waals surface area contributed by atoms with Crippen LogP contribution in [0.2, 0.25) is 0 Å². The van der Waals surface area contributed by atoms with Crippen molar-refractivity contribution in [3.63, 3.8) is 0 Å². The number of nitrogens with two attached hydrogens (primary N) is 1. The zero-order chi connectivity index (χ0) is 25.8. The van der Waals surface area contributed by atoms with E-state index in [1.54, 1.807) is 18.6 Å². The van der Waals surface area contributed by atoms with E-state index >= 15 is 0 Å². The normalized spacial score (nSPS) is 14.4. The second kappa shape index (κ2) is 10.9. The third-order valence-corrected chi connectivity index (χ3v) is 6.79. The molecule has 0 radical (unpaired) electrons. The predicted octanol–water partition coefficient (Wildman–Crippen LogP) is 4.10. The van der Waals surface area contributed by atoms with Gasteiger partial charge < -0.3 is 16.0 Å². The van der Waals surface area contributed by atoms with Gasteiger partial charge in [-0.15, -0.1) is 0 Å². The van der Waals surface area contributed by atoms with E-state index in [0.717, 1.165) is 66.4 Å². The van der Waals surface area contributed by atoms with Gasteiger partial charge in [0.05, 0.1) is 5.69 Å². The molecule has 37 heavy (non-hydrogen) atoms. The Morgan fingerprint density at radius 1 is 1.00 bits per heavy atom. The molecule has 2 aromatic carbocycles. The van der Waals surface area contributed by atoms with Crippen LogP contribution in [0.15, 0.2) is 73.2 Å². The summed E-state index contributed by atoms with van der Waals surface area (Å²) in [6, 6.07) is 17.7. The highest BCUT2D eigenvalue weighted by Gasteiger charge is 2.17. The molecule has 0 unspecified atom stereocenters. The van der Waals surface area contributed by atoms with Crippen molar-refractivity contribution in [1.82, 2.24) is 24.8 Å². The van der Waals surface area contributed by atoms with Crippen molar-refractivity contribution in [3.8, 4) is 22.4 Å². The number of nitrogens with zero attached hydrogens (tertiary/aromatic N) is 5. The van der Waals surface area contributed by atoms with Crippen molar-refractivity contribution in [3.05, 3.63) is 89.9 Å². The summed E-state index contributed by atoms with van der Waals surface area (Å²) in [7, 11) is 2.15. The van der Waals surface area contributed by atoms with Crippen LogP contribution in [0.25, 0.3) is 22.4 Å². The fourth-order valence-electron chi connectivity index (χ4n) is 4.52. The smallest absolute Gasteiger partial charge is 0.248 e. The van der Waals surface area contributed by atoms with Crippen LogP contribution >= 0.6 is 0 Å². The van der Waals surface area contributed by atoms with E-state index in [0.29, 0.717) is 11.5 Å². The molecule has 0 spiro atoms. The number of hydrogen-bond acceptors (Lipinski definition) is 7. The van der Waals surface area contributed by atoms with Crippen LogP contribution in [0.5, 0.6) is 0 Å². The largest absolute Gasteiger partial charge is 0.366 e. The van der Waals surface area contributed by atoms with Crippen LogP contribution in [-0.4, -0.2) is 63.9 Å². The highest BCUT2D eigenvalue weighted by atomic mass is 16.1. The van der Waals surface area contributed by atoms with Gasteiger partial charge in [0.2, 0.25) is 11.9 Å². The molecule has 1 amide bonds. The number of hydrogen-bond donors (Lipinski definition) is 2. The number of carbonyl (C=O) groups is 1. The molecule has 8 heteroatoms. The maximum atomic E-state index is 12.0. The van der Waals surface area contributed by atoms with Gasteiger partial charge in [-0.25, -0.2) is 9.97 Å². The molecule has 188 valence electrons. The van der Waals surface area contributed by atoms with E-state index < -0.39 is 5.91 Å². The number of primary amides is 1. The van der Waals surface area contributed by atoms with Crippen LogP contribution in [0.4, 0.5) is 11.6 Å². The monoisotopic (exact) mass is 493 g/mol. The molecular weight excluding hydrogens is 462 g/mol. The van der Waals surface area contributed by atoms with Gasteiger partial charge in [0.25, 0.3) is 0 Å². The number of pyridine rings is 1. The molecule has 0 aliphatic carbocycles. The number of benzene rings is 2. The van der Waals surface area contributed by atoms with Crippen molar-refractivity contribution in [2.24, 2.45) is 5.73 Å². The summed E-state index contributed by atoms with van der Waals surface area (Å²) in [6.45, 7) is 6.98. The van der Waals surface area contributed by atoms with Crippen molar-refractivity contribution in [1.29, 1.82) is 0 Å². The van der Waals surface area contributed by atoms with E-state index in [4.69, 9.17) is 5.73 Å². The first-order valence-corrected chi connectivity index (χ1v) is 12.4. The standard InChI is InChI=1S/C29H31N7O/c1-20-5-6-21(17-27(20)34-29-32-11-9-26(33-29)23-4-3-10-31-18-23)25-16-22(28(30)37)7-8-24(25)19-36-14-12-35(2)13-15-36/h3-11,16-18H,12-15,19H2,1-2H3,(H2,30,37)(H,32,33,34). The first-order chi connectivity index (χ1) is 18.0.